The minimum absolute atomic E-state index is 0.0399. The second kappa shape index (κ2) is 8.06. The molecule has 0 aromatic carbocycles. The maximum atomic E-state index is 11.7. The van der Waals surface area contributed by atoms with Crippen LogP contribution in [0.15, 0.2) is 0 Å². The molecule has 2 amide bonds. The number of nitrogens with one attached hydrogen (secondary N) is 2. The van der Waals surface area contributed by atoms with Crippen LogP contribution in [0.5, 0.6) is 0 Å². The Kier molecular flexibility index (Phi) is 6.62. The highest BCUT2D eigenvalue weighted by atomic mass is 16.3. The number of aliphatic hydroxyl groups excluding tert-OH is 1. The van der Waals surface area contributed by atoms with Crippen molar-refractivity contribution in [2.75, 3.05) is 19.7 Å². The number of carbonyl (C=O) groups excluding carboxylic acids is 2. The third kappa shape index (κ3) is 5.68. The van der Waals surface area contributed by atoms with Crippen molar-refractivity contribution in [1.29, 1.82) is 0 Å². The summed E-state index contributed by atoms with van der Waals surface area (Å²) in [6, 6.07) is 0. The largest absolute Gasteiger partial charge is 0.396 e. The van der Waals surface area contributed by atoms with Crippen molar-refractivity contribution in [3.63, 3.8) is 0 Å². The number of hydrogen-bond acceptors (Lipinski definition) is 3. The fraction of sp³-hybridized carbons (Fsp3) is 0.833. The quantitative estimate of drug-likeness (QED) is 0.557. The monoisotopic (exact) mass is 242 g/mol. The topological polar surface area (TPSA) is 78.4 Å². The van der Waals surface area contributed by atoms with Gasteiger partial charge in [-0.15, -0.1) is 0 Å². The third-order valence-electron chi connectivity index (χ3n) is 3.02. The summed E-state index contributed by atoms with van der Waals surface area (Å²) >= 11 is 0. The molecule has 98 valence electrons. The molecule has 1 rings (SSSR count). The Hall–Kier alpha value is -1.10. The molecule has 1 atom stereocenters. The summed E-state index contributed by atoms with van der Waals surface area (Å²) in [6.07, 6.45) is 4.93. The maximum Gasteiger partial charge on any atom is 0.224 e. The van der Waals surface area contributed by atoms with Gasteiger partial charge in [-0.1, -0.05) is 12.8 Å². The standard InChI is InChI=1S/C12H22N2O3/c15-8-4-2-1-3-7-13-12(17)10-5-6-11(16)14-9-10/h10,15H,1-9H2,(H,13,17)(H,14,16). The molecule has 1 heterocycles. The maximum absolute atomic E-state index is 11.7. The van der Waals surface area contributed by atoms with Crippen molar-refractivity contribution in [3.05, 3.63) is 0 Å². The third-order valence-corrected chi connectivity index (χ3v) is 3.02. The zero-order valence-corrected chi connectivity index (χ0v) is 10.2. The number of unbranched alkanes of at least 4 members (excludes halogenated alkanes) is 3. The lowest BCUT2D eigenvalue weighted by molar-refractivity contribution is -0.128. The van der Waals surface area contributed by atoms with Gasteiger partial charge in [-0.25, -0.2) is 0 Å². The molecule has 1 fully saturated rings. The molecule has 17 heavy (non-hydrogen) atoms. The SMILES string of the molecule is O=C1CCC(C(=O)NCCCCCCO)CN1. The summed E-state index contributed by atoms with van der Waals surface area (Å²) in [6.45, 7) is 1.40. The highest BCUT2D eigenvalue weighted by Crippen LogP contribution is 2.10. The molecule has 1 saturated heterocycles. The molecule has 5 heteroatoms. The summed E-state index contributed by atoms with van der Waals surface area (Å²) in [5.74, 6) is 0.0235. The van der Waals surface area contributed by atoms with Crippen LogP contribution in [0.1, 0.15) is 38.5 Å². The van der Waals surface area contributed by atoms with Crippen LogP contribution in [-0.4, -0.2) is 36.6 Å². The molecule has 0 spiro atoms. The zero-order valence-electron chi connectivity index (χ0n) is 10.2. The van der Waals surface area contributed by atoms with Gasteiger partial charge >= 0.3 is 0 Å². The number of piperidine rings is 1. The minimum Gasteiger partial charge on any atom is -0.396 e. The van der Waals surface area contributed by atoms with Crippen LogP contribution in [0.25, 0.3) is 0 Å². The molecule has 0 aromatic heterocycles. The van der Waals surface area contributed by atoms with E-state index in [2.05, 4.69) is 10.6 Å². The van der Waals surface area contributed by atoms with Gasteiger partial charge in [0, 0.05) is 26.1 Å². The number of carbonyl (C=O) groups is 2. The van der Waals surface area contributed by atoms with Gasteiger partial charge in [-0.2, -0.15) is 0 Å². The van der Waals surface area contributed by atoms with Crippen LogP contribution < -0.4 is 10.6 Å². The lowest BCUT2D eigenvalue weighted by Crippen LogP contribution is -2.43. The summed E-state index contributed by atoms with van der Waals surface area (Å²) in [5, 5.41) is 14.2. The van der Waals surface area contributed by atoms with E-state index in [0.717, 1.165) is 25.7 Å². The molecular formula is C12H22N2O3. The fourth-order valence-corrected chi connectivity index (χ4v) is 1.90. The smallest absolute Gasteiger partial charge is 0.224 e. The first-order valence-corrected chi connectivity index (χ1v) is 6.39. The predicted molar refractivity (Wildman–Crippen MR) is 64.3 cm³/mol. The van der Waals surface area contributed by atoms with Gasteiger partial charge in [-0.05, 0) is 19.3 Å². The molecule has 1 aliphatic rings. The number of amides is 2. The zero-order chi connectivity index (χ0) is 12.5. The average molecular weight is 242 g/mol. The Bertz CT molecular complexity index is 246. The van der Waals surface area contributed by atoms with E-state index in [1.165, 1.54) is 0 Å². The lowest BCUT2D eigenvalue weighted by atomic mass is 9.98. The van der Waals surface area contributed by atoms with Crippen molar-refractivity contribution in [2.24, 2.45) is 5.92 Å². The molecule has 0 radical (unpaired) electrons. The molecule has 3 N–H and O–H groups in total. The molecule has 0 aromatic rings. The Morgan fingerprint density at radius 1 is 1.35 bits per heavy atom. The van der Waals surface area contributed by atoms with Gasteiger partial charge in [0.25, 0.3) is 0 Å². The average Bonchev–Trinajstić information content (AvgIpc) is 2.34. The van der Waals surface area contributed by atoms with Crippen LogP contribution in [-0.2, 0) is 9.59 Å². The van der Waals surface area contributed by atoms with E-state index in [4.69, 9.17) is 5.11 Å². The molecular weight excluding hydrogens is 220 g/mol. The van der Waals surface area contributed by atoms with Crippen LogP contribution in [0.2, 0.25) is 0 Å². The summed E-state index contributed by atoms with van der Waals surface area (Å²) in [5.41, 5.74) is 0. The van der Waals surface area contributed by atoms with E-state index in [1.54, 1.807) is 0 Å². The molecule has 5 nitrogen and oxygen atoms in total. The van der Waals surface area contributed by atoms with Crippen molar-refractivity contribution < 1.29 is 14.7 Å². The summed E-state index contributed by atoms with van der Waals surface area (Å²) in [7, 11) is 0. The van der Waals surface area contributed by atoms with Gasteiger partial charge in [0.2, 0.25) is 11.8 Å². The van der Waals surface area contributed by atoms with Gasteiger partial charge in [0.1, 0.15) is 0 Å². The van der Waals surface area contributed by atoms with Crippen LogP contribution in [0.3, 0.4) is 0 Å². The molecule has 1 aliphatic heterocycles. The van der Waals surface area contributed by atoms with Gasteiger partial charge in [-0.3, -0.25) is 9.59 Å². The Balaban J connectivity index is 2.03. The Morgan fingerprint density at radius 3 is 2.76 bits per heavy atom. The predicted octanol–water partition coefficient (Wildman–Crippen LogP) is 0.182. The van der Waals surface area contributed by atoms with Crippen molar-refractivity contribution in [2.45, 2.75) is 38.5 Å². The minimum atomic E-state index is -0.0647. The first kappa shape index (κ1) is 14.0. The molecule has 0 aliphatic carbocycles. The van der Waals surface area contributed by atoms with Crippen LogP contribution >= 0.6 is 0 Å². The second-order valence-electron chi connectivity index (χ2n) is 4.47. The first-order chi connectivity index (χ1) is 8.24. The fourth-order valence-electron chi connectivity index (χ4n) is 1.90. The van der Waals surface area contributed by atoms with Crippen LogP contribution in [0, 0.1) is 5.92 Å². The van der Waals surface area contributed by atoms with Gasteiger partial charge < -0.3 is 15.7 Å². The summed E-state index contributed by atoms with van der Waals surface area (Å²) in [4.78, 5) is 22.6. The number of aliphatic hydroxyl groups is 1. The highest BCUT2D eigenvalue weighted by molar-refractivity contribution is 5.83. The molecule has 1 unspecified atom stereocenters. The number of hydrogen-bond donors (Lipinski definition) is 3. The first-order valence-electron chi connectivity index (χ1n) is 6.39. The lowest BCUT2D eigenvalue weighted by Gasteiger charge is -2.21. The van der Waals surface area contributed by atoms with Gasteiger partial charge in [0.05, 0.1) is 5.92 Å². The van der Waals surface area contributed by atoms with Crippen molar-refractivity contribution in [1.82, 2.24) is 10.6 Å². The molecule has 0 saturated carbocycles. The van der Waals surface area contributed by atoms with Crippen molar-refractivity contribution in [3.8, 4) is 0 Å². The van der Waals surface area contributed by atoms with Crippen LogP contribution in [0.4, 0.5) is 0 Å². The van der Waals surface area contributed by atoms with Crippen molar-refractivity contribution >= 4 is 11.8 Å². The van der Waals surface area contributed by atoms with E-state index in [0.29, 0.717) is 25.9 Å². The second-order valence-corrected chi connectivity index (χ2v) is 4.47. The van der Waals surface area contributed by atoms with E-state index in [9.17, 15) is 9.59 Å². The Labute approximate surface area is 102 Å². The van der Waals surface area contributed by atoms with E-state index < -0.39 is 0 Å². The highest BCUT2D eigenvalue weighted by Gasteiger charge is 2.23. The summed E-state index contributed by atoms with van der Waals surface area (Å²) < 4.78 is 0. The van der Waals surface area contributed by atoms with E-state index in [-0.39, 0.29) is 24.3 Å². The normalized spacial score (nSPS) is 19.8. The van der Waals surface area contributed by atoms with E-state index in [1.807, 2.05) is 0 Å². The van der Waals surface area contributed by atoms with Gasteiger partial charge in [0.15, 0.2) is 0 Å². The van der Waals surface area contributed by atoms with E-state index >= 15 is 0 Å². The number of rotatable bonds is 7. The Morgan fingerprint density at radius 2 is 2.12 bits per heavy atom. The molecule has 0 bridgehead atoms.